The Morgan fingerprint density at radius 3 is 2.41 bits per heavy atom. The van der Waals surface area contributed by atoms with Gasteiger partial charge >= 0.3 is 6.18 Å². The molecule has 0 spiro atoms. The van der Waals surface area contributed by atoms with Crippen LogP contribution in [0.4, 0.5) is 17.6 Å². The standard InChI is InChI=1S/C11H14F4N2/c12-8-4-1-3-7(9(17)5-2-6-16)10(8)11(13,14)15/h1,3-4,9H,2,5-6,16-17H2/t9-/m1/s1. The minimum Gasteiger partial charge on any atom is -0.330 e. The molecule has 0 unspecified atom stereocenters. The normalized spacial score (nSPS) is 13.8. The highest BCUT2D eigenvalue weighted by atomic mass is 19.4. The maximum absolute atomic E-state index is 13.2. The lowest BCUT2D eigenvalue weighted by Crippen LogP contribution is -2.20. The van der Waals surface area contributed by atoms with Crippen LogP contribution in [0.2, 0.25) is 0 Å². The molecule has 1 atom stereocenters. The zero-order chi connectivity index (χ0) is 13.1. The minimum atomic E-state index is -4.74. The number of hydrogen-bond acceptors (Lipinski definition) is 2. The number of nitrogens with two attached hydrogens (primary N) is 2. The van der Waals surface area contributed by atoms with Gasteiger partial charge in [0, 0.05) is 6.04 Å². The summed E-state index contributed by atoms with van der Waals surface area (Å²) in [6.07, 6.45) is -3.95. The predicted octanol–water partition coefficient (Wildman–Crippen LogP) is 2.58. The fourth-order valence-corrected chi connectivity index (χ4v) is 1.64. The number of alkyl halides is 3. The van der Waals surface area contributed by atoms with Crippen molar-refractivity contribution in [2.24, 2.45) is 11.5 Å². The van der Waals surface area contributed by atoms with E-state index < -0.39 is 23.6 Å². The van der Waals surface area contributed by atoms with Crippen LogP contribution in [0.3, 0.4) is 0 Å². The van der Waals surface area contributed by atoms with Crippen molar-refractivity contribution < 1.29 is 17.6 Å². The molecule has 17 heavy (non-hydrogen) atoms. The minimum absolute atomic E-state index is 0.217. The molecule has 0 saturated carbocycles. The Hall–Kier alpha value is -1.14. The quantitative estimate of drug-likeness (QED) is 0.807. The fourth-order valence-electron chi connectivity index (χ4n) is 1.64. The highest BCUT2D eigenvalue weighted by Crippen LogP contribution is 2.36. The Bertz CT molecular complexity index is 376. The van der Waals surface area contributed by atoms with Gasteiger partial charge in [-0.25, -0.2) is 4.39 Å². The van der Waals surface area contributed by atoms with E-state index >= 15 is 0 Å². The van der Waals surface area contributed by atoms with Crippen LogP contribution in [0.15, 0.2) is 18.2 Å². The van der Waals surface area contributed by atoms with E-state index in [-0.39, 0.29) is 5.56 Å². The van der Waals surface area contributed by atoms with E-state index in [1.165, 1.54) is 12.1 Å². The summed E-state index contributed by atoms with van der Waals surface area (Å²) in [4.78, 5) is 0. The van der Waals surface area contributed by atoms with E-state index in [1.807, 2.05) is 0 Å². The van der Waals surface area contributed by atoms with Gasteiger partial charge in [-0.15, -0.1) is 0 Å². The van der Waals surface area contributed by atoms with Crippen LogP contribution in [0.25, 0.3) is 0 Å². The van der Waals surface area contributed by atoms with Crippen molar-refractivity contribution in [1.29, 1.82) is 0 Å². The molecule has 0 aliphatic carbocycles. The van der Waals surface area contributed by atoms with Gasteiger partial charge in [0.15, 0.2) is 0 Å². The Kier molecular flexibility index (Phi) is 4.47. The second kappa shape index (κ2) is 5.46. The van der Waals surface area contributed by atoms with Crippen molar-refractivity contribution in [3.8, 4) is 0 Å². The molecule has 0 fully saturated rings. The Balaban J connectivity index is 3.11. The van der Waals surface area contributed by atoms with E-state index in [0.717, 1.165) is 6.07 Å². The molecular weight excluding hydrogens is 236 g/mol. The van der Waals surface area contributed by atoms with Gasteiger partial charge in [-0.2, -0.15) is 13.2 Å². The lowest BCUT2D eigenvalue weighted by atomic mass is 9.96. The summed E-state index contributed by atoms with van der Waals surface area (Å²) >= 11 is 0. The smallest absolute Gasteiger partial charge is 0.330 e. The maximum Gasteiger partial charge on any atom is 0.419 e. The van der Waals surface area contributed by atoms with Gasteiger partial charge in [0.2, 0.25) is 0 Å². The van der Waals surface area contributed by atoms with Gasteiger partial charge in [-0.1, -0.05) is 12.1 Å². The molecule has 0 aromatic heterocycles. The molecule has 1 aromatic rings. The molecule has 0 aliphatic rings. The fraction of sp³-hybridized carbons (Fsp3) is 0.455. The van der Waals surface area contributed by atoms with Crippen LogP contribution in [0, 0.1) is 5.82 Å². The number of hydrogen-bond donors (Lipinski definition) is 2. The molecule has 0 amide bonds. The first-order chi connectivity index (χ1) is 7.88. The van der Waals surface area contributed by atoms with E-state index in [9.17, 15) is 17.6 Å². The second-order valence-corrected chi connectivity index (χ2v) is 3.74. The van der Waals surface area contributed by atoms with Crippen molar-refractivity contribution in [3.63, 3.8) is 0 Å². The molecule has 0 aliphatic heterocycles. The van der Waals surface area contributed by atoms with E-state index in [1.54, 1.807) is 0 Å². The van der Waals surface area contributed by atoms with Crippen LogP contribution in [0.1, 0.15) is 30.0 Å². The molecule has 96 valence electrons. The van der Waals surface area contributed by atoms with Gasteiger partial charge in [0.05, 0.1) is 5.56 Å². The molecule has 4 N–H and O–H groups in total. The van der Waals surface area contributed by atoms with E-state index in [0.29, 0.717) is 19.4 Å². The van der Waals surface area contributed by atoms with Crippen molar-refractivity contribution in [2.45, 2.75) is 25.1 Å². The largest absolute Gasteiger partial charge is 0.419 e. The summed E-state index contributed by atoms with van der Waals surface area (Å²) in [5, 5.41) is 0. The predicted molar refractivity (Wildman–Crippen MR) is 56.6 cm³/mol. The summed E-state index contributed by atoms with van der Waals surface area (Å²) in [7, 11) is 0. The third-order valence-electron chi connectivity index (χ3n) is 2.45. The second-order valence-electron chi connectivity index (χ2n) is 3.74. The third kappa shape index (κ3) is 3.41. The monoisotopic (exact) mass is 250 g/mol. The molecule has 0 saturated heterocycles. The maximum atomic E-state index is 13.2. The zero-order valence-corrected chi connectivity index (χ0v) is 9.10. The summed E-state index contributed by atoms with van der Waals surface area (Å²) in [6.45, 7) is 0.338. The van der Waals surface area contributed by atoms with Crippen molar-refractivity contribution in [3.05, 3.63) is 35.1 Å². The first-order valence-corrected chi connectivity index (χ1v) is 5.19. The average Bonchev–Trinajstić information content (AvgIpc) is 2.23. The van der Waals surface area contributed by atoms with Crippen LogP contribution >= 0.6 is 0 Å². The first-order valence-electron chi connectivity index (χ1n) is 5.19. The molecule has 0 heterocycles. The summed E-state index contributed by atoms with van der Waals surface area (Å²) in [6, 6.07) is 2.35. The summed E-state index contributed by atoms with van der Waals surface area (Å²) in [5.41, 5.74) is 9.39. The van der Waals surface area contributed by atoms with Gasteiger partial charge in [0.25, 0.3) is 0 Å². The summed E-state index contributed by atoms with van der Waals surface area (Å²) in [5.74, 6) is -1.29. The molecule has 2 nitrogen and oxygen atoms in total. The zero-order valence-electron chi connectivity index (χ0n) is 9.10. The van der Waals surface area contributed by atoms with Gasteiger partial charge in [0.1, 0.15) is 5.82 Å². The third-order valence-corrected chi connectivity index (χ3v) is 2.45. The molecule has 1 aromatic carbocycles. The number of benzene rings is 1. The van der Waals surface area contributed by atoms with Crippen molar-refractivity contribution in [2.75, 3.05) is 6.54 Å². The van der Waals surface area contributed by atoms with E-state index in [4.69, 9.17) is 11.5 Å². The number of rotatable bonds is 4. The Labute approximate surface area is 96.6 Å². The first kappa shape index (κ1) is 13.9. The van der Waals surface area contributed by atoms with Crippen molar-refractivity contribution >= 4 is 0 Å². The summed E-state index contributed by atoms with van der Waals surface area (Å²) < 4.78 is 51.2. The lowest BCUT2D eigenvalue weighted by Gasteiger charge is -2.18. The Morgan fingerprint density at radius 2 is 1.88 bits per heavy atom. The lowest BCUT2D eigenvalue weighted by molar-refractivity contribution is -0.140. The number of halogens is 4. The van der Waals surface area contributed by atoms with Gasteiger partial charge in [-0.3, -0.25) is 0 Å². The van der Waals surface area contributed by atoms with Gasteiger partial charge < -0.3 is 11.5 Å². The van der Waals surface area contributed by atoms with Gasteiger partial charge in [-0.05, 0) is 31.0 Å². The van der Waals surface area contributed by atoms with Crippen molar-refractivity contribution in [1.82, 2.24) is 0 Å². The molecular formula is C11H14F4N2. The highest BCUT2D eigenvalue weighted by Gasteiger charge is 2.37. The van der Waals surface area contributed by atoms with E-state index in [2.05, 4.69) is 0 Å². The van der Waals surface area contributed by atoms with Crippen LogP contribution in [-0.2, 0) is 6.18 Å². The molecule has 1 rings (SSSR count). The van der Waals surface area contributed by atoms with Crippen LogP contribution < -0.4 is 11.5 Å². The molecule has 0 radical (unpaired) electrons. The van der Waals surface area contributed by atoms with Crippen LogP contribution in [-0.4, -0.2) is 6.54 Å². The molecule has 0 bridgehead atoms. The Morgan fingerprint density at radius 1 is 1.24 bits per heavy atom. The highest BCUT2D eigenvalue weighted by molar-refractivity contribution is 5.33. The topological polar surface area (TPSA) is 52.0 Å². The SMILES string of the molecule is NCCC[C@@H](N)c1cccc(F)c1C(F)(F)F. The molecule has 6 heteroatoms. The average molecular weight is 250 g/mol. The van der Waals surface area contributed by atoms with Crippen LogP contribution in [0.5, 0.6) is 0 Å².